The van der Waals surface area contributed by atoms with E-state index in [4.69, 9.17) is 0 Å². The number of rotatable bonds is 2. The predicted octanol–water partition coefficient (Wildman–Crippen LogP) is 2.80. The van der Waals surface area contributed by atoms with Gasteiger partial charge in [0.25, 0.3) is 0 Å². The van der Waals surface area contributed by atoms with Crippen molar-refractivity contribution in [3.05, 3.63) is 59.7 Å². The Balaban J connectivity index is 2.01. The molecular weight excluding hydrogens is 280 g/mol. The maximum atomic E-state index is 11.9. The summed E-state index contributed by atoms with van der Waals surface area (Å²) in [5.74, 6) is 0.0499. The van der Waals surface area contributed by atoms with Gasteiger partial charge in [0.05, 0.1) is 11.8 Å². The Hall–Kier alpha value is -2.82. The number of phenols is 2. The minimum Gasteiger partial charge on any atom is -0.508 e. The molecule has 1 atom stereocenters. The van der Waals surface area contributed by atoms with Crippen molar-refractivity contribution in [2.24, 2.45) is 5.10 Å². The molecule has 5 nitrogen and oxygen atoms in total. The van der Waals surface area contributed by atoms with Gasteiger partial charge in [-0.1, -0.05) is 30.3 Å². The Bertz CT molecular complexity index is 755. The molecule has 3 rings (SSSR count). The van der Waals surface area contributed by atoms with Crippen LogP contribution < -0.4 is 0 Å². The van der Waals surface area contributed by atoms with Crippen molar-refractivity contribution in [3.63, 3.8) is 0 Å². The molecule has 1 amide bonds. The summed E-state index contributed by atoms with van der Waals surface area (Å²) in [7, 11) is 0. The van der Waals surface area contributed by atoms with Crippen LogP contribution in [0.2, 0.25) is 0 Å². The molecule has 0 saturated carbocycles. The first-order chi connectivity index (χ1) is 10.6. The highest BCUT2D eigenvalue weighted by Gasteiger charge is 2.33. The fraction of sp³-hybridized carbons (Fsp3) is 0.176. The Labute approximate surface area is 128 Å². The van der Waals surface area contributed by atoms with Crippen LogP contribution >= 0.6 is 0 Å². The maximum absolute atomic E-state index is 11.9. The lowest BCUT2D eigenvalue weighted by molar-refractivity contribution is -0.130. The van der Waals surface area contributed by atoms with Crippen molar-refractivity contribution < 1.29 is 15.0 Å². The van der Waals surface area contributed by atoms with Crippen molar-refractivity contribution in [2.75, 3.05) is 0 Å². The second-order valence-corrected chi connectivity index (χ2v) is 5.21. The molecule has 0 aliphatic carbocycles. The van der Waals surface area contributed by atoms with E-state index < -0.39 is 0 Å². The zero-order valence-corrected chi connectivity index (χ0v) is 12.1. The lowest BCUT2D eigenvalue weighted by Gasteiger charge is -2.21. The number of hydrazone groups is 1. The SMILES string of the molecule is CC(=O)N1N=C(c2ccccc2O)C[C@H]1c1ccccc1O. The van der Waals surface area contributed by atoms with Crippen molar-refractivity contribution in [1.82, 2.24) is 5.01 Å². The fourth-order valence-corrected chi connectivity index (χ4v) is 2.69. The number of aromatic hydroxyl groups is 2. The van der Waals surface area contributed by atoms with Crippen molar-refractivity contribution in [2.45, 2.75) is 19.4 Å². The molecule has 0 aromatic heterocycles. The first kappa shape index (κ1) is 14.1. The van der Waals surface area contributed by atoms with Crippen LogP contribution in [0.5, 0.6) is 11.5 Å². The summed E-state index contributed by atoms with van der Waals surface area (Å²) >= 11 is 0. The van der Waals surface area contributed by atoms with Crippen LogP contribution in [0.25, 0.3) is 0 Å². The average molecular weight is 296 g/mol. The van der Waals surface area contributed by atoms with Gasteiger partial charge in [-0.15, -0.1) is 0 Å². The van der Waals surface area contributed by atoms with Crippen LogP contribution in [0, 0.1) is 0 Å². The van der Waals surface area contributed by atoms with Gasteiger partial charge in [-0.25, -0.2) is 5.01 Å². The largest absolute Gasteiger partial charge is 0.508 e. The number of carbonyl (C=O) groups is 1. The molecule has 1 aliphatic rings. The summed E-state index contributed by atoms with van der Waals surface area (Å²) in [6, 6.07) is 13.4. The summed E-state index contributed by atoms with van der Waals surface area (Å²) in [5, 5.41) is 25.7. The standard InChI is InChI=1S/C17H16N2O3/c1-11(20)19-15(13-7-3-5-9-17(13)22)10-14(18-19)12-6-2-4-8-16(12)21/h2-9,15,21-22H,10H2,1H3/t15-/m0/s1. The van der Waals surface area contributed by atoms with Crippen molar-refractivity contribution in [3.8, 4) is 11.5 Å². The molecule has 1 heterocycles. The molecule has 0 bridgehead atoms. The van der Waals surface area contributed by atoms with E-state index in [1.807, 2.05) is 12.1 Å². The number of phenolic OH excluding ortho intramolecular Hbond substituents is 2. The van der Waals surface area contributed by atoms with Crippen molar-refractivity contribution >= 4 is 11.6 Å². The molecular formula is C17H16N2O3. The fourth-order valence-electron chi connectivity index (χ4n) is 2.69. The third-order valence-electron chi connectivity index (χ3n) is 3.74. The lowest BCUT2D eigenvalue weighted by atomic mass is 9.97. The second kappa shape index (κ2) is 5.52. The monoisotopic (exact) mass is 296 g/mol. The van der Waals surface area contributed by atoms with Gasteiger partial charge in [-0.05, 0) is 18.2 Å². The number of carbonyl (C=O) groups excluding carboxylic acids is 1. The molecule has 22 heavy (non-hydrogen) atoms. The highest BCUT2D eigenvalue weighted by Crippen LogP contribution is 2.37. The highest BCUT2D eigenvalue weighted by molar-refractivity contribution is 6.05. The Morgan fingerprint density at radius 1 is 1.09 bits per heavy atom. The van der Waals surface area contributed by atoms with E-state index in [1.54, 1.807) is 36.4 Å². The first-order valence-corrected chi connectivity index (χ1v) is 7.01. The van der Waals surface area contributed by atoms with Gasteiger partial charge in [0, 0.05) is 24.5 Å². The highest BCUT2D eigenvalue weighted by atomic mass is 16.3. The van der Waals surface area contributed by atoms with E-state index >= 15 is 0 Å². The van der Waals surface area contributed by atoms with Crippen LogP contribution in [-0.4, -0.2) is 26.8 Å². The van der Waals surface area contributed by atoms with Crippen LogP contribution in [0.4, 0.5) is 0 Å². The number of amides is 1. The zero-order valence-electron chi connectivity index (χ0n) is 12.1. The van der Waals surface area contributed by atoms with Gasteiger partial charge in [0.15, 0.2) is 0 Å². The molecule has 5 heteroatoms. The number of hydrogen-bond donors (Lipinski definition) is 2. The molecule has 0 saturated heterocycles. The molecule has 0 spiro atoms. The minimum atomic E-state index is -0.367. The molecule has 2 aromatic rings. The maximum Gasteiger partial charge on any atom is 0.240 e. The van der Waals surface area contributed by atoms with Gasteiger partial charge in [-0.3, -0.25) is 4.79 Å². The smallest absolute Gasteiger partial charge is 0.240 e. The summed E-state index contributed by atoms with van der Waals surface area (Å²) in [4.78, 5) is 11.9. The van der Waals surface area contributed by atoms with E-state index in [0.717, 1.165) is 0 Å². The number of nitrogens with zero attached hydrogens (tertiary/aromatic N) is 2. The molecule has 112 valence electrons. The third kappa shape index (κ3) is 2.41. The molecule has 0 fully saturated rings. The third-order valence-corrected chi connectivity index (χ3v) is 3.74. The van der Waals surface area contributed by atoms with Gasteiger partial charge in [0.2, 0.25) is 5.91 Å². The summed E-state index contributed by atoms with van der Waals surface area (Å²) in [6.45, 7) is 1.43. The van der Waals surface area contributed by atoms with Gasteiger partial charge in [-0.2, -0.15) is 5.10 Å². The summed E-state index contributed by atoms with van der Waals surface area (Å²) < 4.78 is 0. The van der Waals surface area contributed by atoms with Gasteiger partial charge >= 0.3 is 0 Å². The van der Waals surface area contributed by atoms with Crippen LogP contribution in [0.1, 0.15) is 30.5 Å². The topological polar surface area (TPSA) is 73.1 Å². The zero-order chi connectivity index (χ0) is 15.7. The predicted molar refractivity (Wildman–Crippen MR) is 82.6 cm³/mol. The Morgan fingerprint density at radius 2 is 1.73 bits per heavy atom. The molecule has 0 unspecified atom stereocenters. The molecule has 2 aromatic carbocycles. The van der Waals surface area contributed by atoms with E-state index in [0.29, 0.717) is 23.3 Å². The quantitative estimate of drug-likeness (QED) is 0.895. The average Bonchev–Trinajstić information content (AvgIpc) is 2.93. The Kier molecular flexibility index (Phi) is 3.55. The first-order valence-electron chi connectivity index (χ1n) is 7.01. The van der Waals surface area contributed by atoms with Crippen LogP contribution in [-0.2, 0) is 4.79 Å². The van der Waals surface area contributed by atoms with Gasteiger partial charge in [0.1, 0.15) is 11.5 Å². The minimum absolute atomic E-state index is 0.127. The summed E-state index contributed by atoms with van der Waals surface area (Å²) in [5.41, 5.74) is 1.88. The van der Waals surface area contributed by atoms with E-state index in [2.05, 4.69) is 5.10 Å². The number of hydrogen-bond acceptors (Lipinski definition) is 4. The number of para-hydroxylation sites is 2. The molecule has 1 aliphatic heterocycles. The van der Waals surface area contributed by atoms with Gasteiger partial charge < -0.3 is 10.2 Å². The van der Waals surface area contributed by atoms with Crippen LogP contribution in [0.15, 0.2) is 53.6 Å². The van der Waals surface area contributed by atoms with E-state index in [1.165, 1.54) is 11.9 Å². The number of benzene rings is 2. The van der Waals surface area contributed by atoms with Crippen LogP contribution in [0.3, 0.4) is 0 Å². The molecule has 0 radical (unpaired) electrons. The van der Waals surface area contributed by atoms with E-state index in [9.17, 15) is 15.0 Å². The second-order valence-electron chi connectivity index (χ2n) is 5.21. The van der Waals surface area contributed by atoms with Crippen molar-refractivity contribution in [1.29, 1.82) is 0 Å². The molecule has 2 N–H and O–H groups in total. The normalized spacial score (nSPS) is 17.4. The lowest BCUT2D eigenvalue weighted by Crippen LogP contribution is -2.24. The summed E-state index contributed by atoms with van der Waals surface area (Å²) in [6.07, 6.45) is 0.439. The Morgan fingerprint density at radius 3 is 2.36 bits per heavy atom. The van der Waals surface area contributed by atoms with E-state index in [-0.39, 0.29) is 23.4 Å².